The van der Waals surface area contributed by atoms with Gasteiger partial charge in [0.2, 0.25) is 11.8 Å². The molecule has 7 heteroatoms. The molecule has 0 heterocycles. The van der Waals surface area contributed by atoms with Gasteiger partial charge in [-0.25, -0.2) is 4.39 Å². The van der Waals surface area contributed by atoms with Gasteiger partial charge in [0.05, 0.1) is 13.7 Å². The smallest absolute Gasteiger partial charge is 0.248 e. The van der Waals surface area contributed by atoms with Gasteiger partial charge in [0.1, 0.15) is 17.6 Å². The molecule has 0 spiro atoms. The highest BCUT2D eigenvalue weighted by Crippen LogP contribution is 2.31. The Labute approximate surface area is 217 Å². The Bertz CT molecular complexity index is 1210. The number of ether oxygens (including phenoxy) is 1. The van der Waals surface area contributed by atoms with E-state index < -0.39 is 11.9 Å². The summed E-state index contributed by atoms with van der Waals surface area (Å²) in [5.41, 5.74) is 2.64. The van der Waals surface area contributed by atoms with E-state index in [0.29, 0.717) is 17.0 Å². The maximum absolute atomic E-state index is 14.4. The van der Waals surface area contributed by atoms with Crippen LogP contribution in [0, 0.1) is 12.7 Å². The molecular weight excluding hydrogens is 469 g/mol. The van der Waals surface area contributed by atoms with Crippen molar-refractivity contribution in [2.24, 2.45) is 0 Å². The number of amides is 2. The Kier molecular flexibility index (Phi) is 8.77. The van der Waals surface area contributed by atoms with Crippen LogP contribution < -0.4 is 20.3 Å². The van der Waals surface area contributed by atoms with Crippen molar-refractivity contribution in [2.45, 2.75) is 51.1 Å². The van der Waals surface area contributed by atoms with Gasteiger partial charge in [-0.05, 0) is 73.4 Å². The molecule has 1 aliphatic carbocycles. The molecule has 0 aliphatic heterocycles. The van der Waals surface area contributed by atoms with Gasteiger partial charge in [-0.15, -0.1) is 0 Å². The second-order valence-electron chi connectivity index (χ2n) is 9.43. The van der Waals surface area contributed by atoms with Crippen molar-refractivity contribution >= 4 is 23.2 Å². The molecule has 3 aromatic rings. The monoisotopic (exact) mass is 503 g/mol. The van der Waals surface area contributed by atoms with E-state index in [-0.39, 0.29) is 24.4 Å². The Morgan fingerprint density at radius 3 is 2.41 bits per heavy atom. The predicted molar refractivity (Wildman–Crippen MR) is 144 cm³/mol. The van der Waals surface area contributed by atoms with E-state index in [0.717, 1.165) is 36.9 Å². The maximum atomic E-state index is 14.4. The second-order valence-corrected chi connectivity index (χ2v) is 9.43. The van der Waals surface area contributed by atoms with Gasteiger partial charge in [-0.3, -0.25) is 14.5 Å². The molecule has 0 aromatic heterocycles. The molecule has 0 radical (unpaired) electrons. The van der Waals surface area contributed by atoms with Crippen LogP contribution in [0.2, 0.25) is 0 Å². The third-order valence-electron chi connectivity index (χ3n) is 6.83. The Morgan fingerprint density at radius 2 is 1.73 bits per heavy atom. The van der Waals surface area contributed by atoms with E-state index in [1.54, 1.807) is 31.4 Å². The van der Waals surface area contributed by atoms with Crippen molar-refractivity contribution in [1.82, 2.24) is 5.32 Å². The summed E-state index contributed by atoms with van der Waals surface area (Å²) < 4.78 is 19.6. The summed E-state index contributed by atoms with van der Waals surface area (Å²) in [6, 6.07) is 19.7. The fraction of sp³-hybridized carbons (Fsp3) is 0.333. The highest BCUT2D eigenvalue weighted by atomic mass is 19.1. The van der Waals surface area contributed by atoms with Crippen LogP contribution >= 0.6 is 0 Å². The number of benzene rings is 3. The standard InChI is InChI=1S/C30H34FN3O3/c1-21-9-6-7-14-27(21)29(30(36)33-24-11-4-3-5-12-24)34(25-13-8-10-22(31)19-25)28(35)20-32-23-15-17-26(37-2)18-16-23/h6-10,13-19,24,29,32H,3-5,11-12,20H2,1-2H3,(H,33,36). The van der Waals surface area contributed by atoms with Crippen molar-refractivity contribution < 1.29 is 18.7 Å². The summed E-state index contributed by atoms with van der Waals surface area (Å²) in [5.74, 6) is -0.386. The van der Waals surface area contributed by atoms with E-state index in [1.165, 1.54) is 23.5 Å². The summed E-state index contributed by atoms with van der Waals surface area (Å²) in [6.07, 6.45) is 5.13. The zero-order valence-corrected chi connectivity index (χ0v) is 21.4. The Hall–Kier alpha value is -3.87. The molecule has 3 aromatic carbocycles. The normalized spacial score (nSPS) is 14.5. The number of hydrogen-bond acceptors (Lipinski definition) is 4. The van der Waals surface area contributed by atoms with Gasteiger partial charge in [0, 0.05) is 17.4 Å². The summed E-state index contributed by atoms with van der Waals surface area (Å²) >= 11 is 0. The van der Waals surface area contributed by atoms with Crippen LogP contribution in [0.3, 0.4) is 0 Å². The first-order valence-corrected chi connectivity index (χ1v) is 12.8. The molecule has 1 aliphatic rings. The Balaban J connectivity index is 1.69. The largest absolute Gasteiger partial charge is 0.497 e. The molecule has 1 atom stereocenters. The van der Waals surface area contributed by atoms with E-state index in [4.69, 9.17) is 4.74 Å². The third kappa shape index (κ3) is 6.67. The second kappa shape index (κ2) is 12.4. The zero-order valence-electron chi connectivity index (χ0n) is 21.4. The summed E-state index contributed by atoms with van der Waals surface area (Å²) in [5, 5.41) is 6.32. The van der Waals surface area contributed by atoms with Crippen LogP contribution in [0.25, 0.3) is 0 Å². The topological polar surface area (TPSA) is 70.7 Å². The predicted octanol–water partition coefficient (Wildman–Crippen LogP) is 5.78. The van der Waals surface area contributed by atoms with Crippen molar-refractivity contribution in [3.63, 3.8) is 0 Å². The molecule has 1 fully saturated rings. The van der Waals surface area contributed by atoms with Gasteiger partial charge in [0.25, 0.3) is 0 Å². The number of methoxy groups -OCH3 is 1. The molecule has 2 N–H and O–H groups in total. The van der Waals surface area contributed by atoms with Gasteiger partial charge in [0.15, 0.2) is 0 Å². The number of hydrogen-bond donors (Lipinski definition) is 2. The number of aryl methyl sites for hydroxylation is 1. The van der Waals surface area contributed by atoms with Gasteiger partial charge in [-0.2, -0.15) is 0 Å². The van der Waals surface area contributed by atoms with Gasteiger partial charge >= 0.3 is 0 Å². The number of carbonyl (C=O) groups excluding carboxylic acids is 2. The van der Waals surface area contributed by atoms with Gasteiger partial charge in [-0.1, -0.05) is 49.6 Å². The lowest BCUT2D eigenvalue weighted by Gasteiger charge is -2.34. The van der Waals surface area contributed by atoms with E-state index >= 15 is 0 Å². The fourth-order valence-electron chi connectivity index (χ4n) is 4.85. The first-order valence-electron chi connectivity index (χ1n) is 12.8. The molecule has 0 bridgehead atoms. The summed E-state index contributed by atoms with van der Waals surface area (Å²) in [4.78, 5) is 29.1. The molecule has 194 valence electrons. The molecule has 2 amide bonds. The van der Waals surface area contributed by atoms with Crippen LogP contribution in [0.5, 0.6) is 5.75 Å². The SMILES string of the molecule is COc1ccc(NCC(=O)N(c2cccc(F)c2)C(C(=O)NC2CCCCC2)c2ccccc2C)cc1. The number of halogens is 1. The minimum absolute atomic E-state index is 0.0645. The molecule has 1 unspecified atom stereocenters. The van der Waals surface area contributed by atoms with Crippen molar-refractivity contribution in [3.8, 4) is 5.75 Å². The Morgan fingerprint density at radius 1 is 1.00 bits per heavy atom. The number of nitrogens with one attached hydrogen (secondary N) is 2. The van der Waals surface area contributed by atoms with Crippen molar-refractivity contribution in [3.05, 3.63) is 89.7 Å². The molecular formula is C30H34FN3O3. The van der Waals surface area contributed by atoms with Gasteiger partial charge < -0.3 is 15.4 Å². The maximum Gasteiger partial charge on any atom is 0.248 e. The number of rotatable bonds is 9. The minimum Gasteiger partial charge on any atom is -0.497 e. The minimum atomic E-state index is -0.949. The number of anilines is 2. The van der Waals surface area contributed by atoms with Crippen LogP contribution in [-0.2, 0) is 9.59 Å². The quantitative estimate of drug-likeness (QED) is 0.389. The average Bonchev–Trinajstić information content (AvgIpc) is 2.91. The summed E-state index contributed by atoms with van der Waals surface area (Å²) in [7, 11) is 1.59. The van der Waals surface area contributed by atoms with Crippen LogP contribution in [0.1, 0.15) is 49.3 Å². The van der Waals surface area contributed by atoms with E-state index in [2.05, 4.69) is 10.6 Å². The first kappa shape index (κ1) is 26.2. The zero-order chi connectivity index (χ0) is 26.2. The van der Waals surface area contributed by atoms with E-state index in [1.807, 2.05) is 43.3 Å². The summed E-state index contributed by atoms with van der Waals surface area (Å²) in [6.45, 7) is 1.84. The lowest BCUT2D eigenvalue weighted by atomic mass is 9.93. The molecule has 6 nitrogen and oxygen atoms in total. The van der Waals surface area contributed by atoms with Crippen LogP contribution in [0.15, 0.2) is 72.8 Å². The third-order valence-corrected chi connectivity index (χ3v) is 6.83. The molecule has 37 heavy (non-hydrogen) atoms. The highest BCUT2D eigenvalue weighted by Gasteiger charge is 2.35. The number of carbonyl (C=O) groups is 2. The number of nitrogens with zero attached hydrogens (tertiary/aromatic N) is 1. The molecule has 1 saturated carbocycles. The van der Waals surface area contributed by atoms with Crippen LogP contribution in [-0.4, -0.2) is 31.5 Å². The first-order chi connectivity index (χ1) is 18.0. The molecule has 4 rings (SSSR count). The lowest BCUT2D eigenvalue weighted by molar-refractivity contribution is -0.126. The fourth-order valence-corrected chi connectivity index (χ4v) is 4.85. The van der Waals surface area contributed by atoms with Crippen molar-refractivity contribution in [1.29, 1.82) is 0 Å². The molecule has 0 saturated heterocycles. The highest BCUT2D eigenvalue weighted by molar-refractivity contribution is 6.03. The lowest BCUT2D eigenvalue weighted by Crippen LogP contribution is -2.48. The van der Waals surface area contributed by atoms with Crippen LogP contribution in [0.4, 0.5) is 15.8 Å². The van der Waals surface area contributed by atoms with E-state index in [9.17, 15) is 14.0 Å². The average molecular weight is 504 g/mol. The van der Waals surface area contributed by atoms with Crippen molar-refractivity contribution in [2.75, 3.05) is 23.9 Å².